The molecule has 0 saturated heterocycles. The van der Waals surface area contributed by atoms with Gasteiger partial charge in [-0.05, 0) is 28.7 Å². The molecule has 4 aromatic rings. The van der Waals surface area contributed by atoms with Crippen LogP contribution in [0.25, 0.3) is 0 Å². The molecular weight excluding hydrogens is 584 g/mol. The van der Waals surface area contributed by atoms with Crippen LogP contribution in [0.4, 0.5) is 0 Å². The number of allylic oxidation sites excluding steroid dienone is 4. The molecule has 0 saturated carbocycles. The van der Waals surface area contributed by atoms with Gasteiger partial charge in [-0.1, -0.05) is 121 Å². The Balaban J connectivity index is 0.000000267. The summed E-state index contributed by atoms with van der Waals surface area (Å²) in [4.78, 5) is 30.3. The molecule has 0 aliphatic heterocycles. The summed E-state index contributed by atoms with van der Waals surface area (Å²) in [6.07, 6.45) is 9.63. The minimum Gasteiger partial charge on any atom is -0.545 e. The van der Waals surface area contributed by atoms with Crippen LogP contribution < -0.4 is 15.3 Å². The van der Waals surface area contributed by atoms with Crippen molar-refractivity contribution in [1.82, 2.24) is 0 Å². The van der Waals surface area contributed by atoms with Gasteiger partial charge in [-0.2, -0.15) is 6.08 Å². The number of carbonyl (C=O) groups excluding carboxylic acids is 3. The third-order valence-corrected chi connectivity index (χ3v) is 5.03. The zero-order valence-corrected chi connectivity index (χ0v) is 24.0. The molecule has 0 fully saturated rings. The van der Waals surface area contributed by atoms with Gasteiger partial charge in [0.05, 0.1) is 17.9 Å². The van der Waals surface area contributed by atoms with Crippen LogP contribution in [0.1, 0.15) is 43.1 Å². The van der Waals surface area contributed by atoms with E-state index >= 15 is 0 Å². The SMILES string of the molecule is O=C([O-])c1ccccc1.O=C([O-])c1ccccc1.O=C([O-])c1ccccc1.[C-]1=C(Cc2ccccc2)C=CC1.[Zr+4]. The molecule has 0 N–H and O–H groups in total. The molecule has 1 aliphatic rings. The number of rotatable bonds is 5. The molecule has 0 amide bonds. The van der Waals surface area contributed by atoms with Crippen molar-refractivity contribution in [2.75, 3.05) is 0 Å². The van der Waals surface area contributed by atoms with Crippen LogP contribution in [0.5, 0.6) is 0 Å². The monoisotopic (exact) mass is 608 g/mol. The zero-order chi connectivity index (χ0) is 28.3. The number of hydrogen-bond acceptors (Lipinski definition) is 6. The van der Waals surface area contributed by atoms with Gasteiger partial charge in [0, 0.05) is 0 Å². The molecule has 0 aromatic heterocycles. The molecule has 5 rings (SSSR count). The number of benzene rings is 4. The van der Waals surface area contributed by atoms with E-state index < -0.39 is 17.9 Å². The second-order valence-corrected chi connectivity index (χ2v) is 7.93. The van der Waals surface area contributed by atoms with Crippen molar-refractivity contribution in [3.63, 3.8) is 0 Å². The van der Waals surface area contributed by atoms with Crippen molar-refractivity contribution in [1.29, 1.82) is 0 Å². The van der Waals surface area contributed by atoms with Crippen molar-refractivity contribution in [3.8, 4) is 0 Å². The predicted molar refractivity (Wildman–Crippen MR) is 143 cm³/mol. The Morgan fingerprint density at radius 3 is 1.12 bits per heavy atom. The van der Waals surface area contributed by atoms with E-state index in [9.17, 15) is 29.7 Å². The van der Waals surface area contributed by atoms with E-state index in [1.54, 1.807) is 54.6 Å². The molecule has 40 heavy (non-hydrogen) atoms. The van der Waals surface area contributed by atoms with Gasteiger partial charge in [0.1, 0.15) is 0 Å². The van der Waals surface area contributed by atoms with Crippen LogP contribution in [0.15, 0.2) is 139 Å². The van der Waals surface area contributed by atoms with Crippen LogP contribution >= 0.6 is 0 Å². The summed E-state index contributed by atoms with van der Waals surface area (Å²) in [5.74, 6) is -3.39. The molecular formula is C33H26O6Zr. The summed E-state index contributed by atoms with van der Waals surface area (Å²) < 4.78 is 0. The second-order valence-electron chi connectivity index (χ2n) is 7.93. The van der Waals surface area contributed by atoms with Gasteiger partial charge >= 0.3 is 26.2 Å². The summed E-state index contributed by atoms with van der Waals surface area (Å²) in [6.45, 7) is 0. The molecule has 6 nitrogen and oxygen atoms in total. The van der Waals surface area contributed by atoms with Crippen LogP contribution in [0, 0.1) is 6.08 Å². The van der Waals surface area contributed by atoms with E-state index in [2.05, 4.69) is 42.5 Å². The molecule has 0 unspecified atom stereocenters. The average Bonchev–Trinajstić information content (AvgIpc) is 3.49. The molecule has 0 atom stereocenters. The van der Waals surface area contributed by atoms with E-state index in [1.807, 2.05) is 6.07 Å². The Bertz CT molecular complexity index is 1240. The molecule has 7 heteroatoms. The zero-order valence-electron chi connectivity index (χ0n) is 21.6. The average molecular weight is 610 g/mol. The number of carbonyl (C=O) groups is 3. The van der Waals surface area contributed by atoms with Crippen molar-refractivity contribution >= 4 is 17.9 Å². The summed E-state index contributed by atoms with van der Waals surface area (Å²) in [6, 6.07) is 34.7. The van der Waals surface area contributed by atoms with Crippen molar-refractivity contribution in [3.05, 3.63) is 167 Å². The van der Waals surface area contributed by atoms with Gasteiger partial charge in [0.15, 0.2) is 0 Å². The minimum absolute atomic E-state index is 0. The van der Waals surface area contributed by atoms with E-state index in [4.69, 9.17) is 0 Å². The Kier molecular flexibility index (Phi) is 16.6. The van der Waals surface area contributed by atoms with Gasteiger partial charge in [-0.15, -0.1) is 6.42 Å². The first-order valence-corrected chi connectivity index (χ1v) is 12.0. The Morgan fingerprint density at radius 1 is 0.550 bits per heavy atom. The fourth-order valence-corrected chi connectivity index (χ4v) is 3.11. The largest absolute Gasteiger partial charge is 4.00 e. The molecule has 198 valence electrons. The Labute approximate surface area is 253 Å². The summed E-state index contributed by atoms with van der Waals surface area (Å²) in [7, 11) is 0. The van der Waals surface area contributed by atoms with E-state index in [1.165, 1.54) is 47.5 Å². The number of carboxylic acid groups (broad SMARTS) is 3. The Morgan fingerprint density at radius 2 is 0.875 bits per heavy atom. The van der Waals surface area contributed by atoms with E-state index in [0.29, 0.717) is 0 Å². The normalized spacial score (nSPS) is 10.4. The van der Waals surface area contributed by atoms with E-state index in [-0.39, 0.29) is 42.9 Å². The fourth-order valence-electron chi connectivity index (χ4n) is 3.11. The van der Waals surface area contributed by atoms with Gasteiger partial charge in [0.2, 0.25) is 0 Å². The summed E-state index contributed by atoms with van der Waals surface area (Å²) in [5, 5.41) is 30.3. The summed E-state index contributed by atoms with van der Waals surface area (Å²) in [5.41, 5.74) is 3.35. The van der Waals surface area contributed by atoms with Crippen molar-refractivity contribution in [2.45, 2.75) is 12.8 Å². The van der Waals surface area contributed by atoms with Crippen LogP contribution in [-0.2, 0) is 32.6 Å². The van der Waals surface area contributed by atoms with Crippen molar-refractivity contribution < 1.29 is 55.9 Å². The number of aromatic carboxylic acids is 3. The molecule has 0 bridgehead atoms. The first-order valence-electron chi connectivity index (χ1n) is 12.0. The third kappa shape index (κ3) is 14.0. The maximum atomic E-state index is 10.1. The molecule has 4 aromatic carbocycles. The number of carboxylic acids is 3. The maximum Gasteiger partial charge on any atom is 4.00 e. The molecule has 0 heterocycles. The van der Waals surface area contributed by atoms with Gasteiger partial charge < -0.3 is 29.7 Å². The molecule has 0 radical (unpaired) electrons. The van der Waals surface area contributed by atoms with Gasteiger partial charge in [-0.3, -0.25) is 6.08 Å². The predicted octanol–water partition coefficient (Wildman–Crippen LogP) is 3.07. The van der Waals surface area contributed by atoms with Crippen molar-refractivity contribution in [2.24, 2.45) is 0 Å². The standard InChI is InChI=1S/C12H11.3C7H6O2.Zr/c1-2-6-11(7-3-1)10-12-8-4-5-9-12;3*8-7(9)6-4-2-1-3-5-6;/h1-4,6-8H,5,10H2;3*1-5H,(H,8,9);/q-1;;;;+4/p-3. The summed E-state index contributed by atoms with van der Waals surface area (Å²) >= 11 is 0. The first-order chi connectivity index (χ1) is 18.9. The van der Waals surface area contributed by atoms with Crippen LogP contribution in [-0.4, -0.2) is 17.9 Å². The Hall–Kier alpha value is -4.35. The number of hydrogen-bond donors (Lipinski definition) is 0. The van der Waals surface area contributed by atoms with Crippen LogP contribution in [0.2, 0.25) is 0 Å². The topological polar surface area (TPSA) is 120 Å². The smallest absolute Gasteiger partial charge is 0.545 e. The molecule has 1 aliphatic carbocycles. The second kappa shape index (κ2) is 19.7. The minimum atomic E-state index is -1.13. The van der Waals surface area contributed by atoms with Crippen LogP contribution in [0.3, 0.4) is 0 Å². The molecule has 0 spiro atoms. The van der Waals surface area contributed by atoms with Gasteiger partial charge in [0.25, 0.3) is 0 Å². The quantitative estimate of drug-likeness (QED) is 0.321. The third-order valence-electron chi connectivity index (χ3n) is 5.03. The maximum absolute atomic E-state index is 10.1. The van der Waals surface area contributed by atoms with Gasteiger partial charge in [-0.25, -0.2) is 11.6 Å². The fraction of sp³-hybridized carbons (Fsp3) is 0.0606. The van der Waals surface area contributed by atoms with E-state index in [0.717, 1.165) is 12.8 Å². The first kappa shape index (κ1) is 33.7.